The van der Waals surface area contributed by atoms with Crippen molar-refractivity contribution in [1.82, 2.24) is 5.32 Å². The first-order chi connectivity index (χ1) is 14.8. The number of aliphatic carboxylic acids is 1. The van der Waals surface area contributed by atoms with E-state index in [9.17, 15) is 14.4 Å². The van der Waals surface area contributed by atoms with E-state index in [2.05, 4.69) is 5.32 Å². The second kappa shape index (κ2) is 9.64. The maximum atomic E-state index is 12.5. The van der Waals surface area contributed by atoms with Gasteiger partial charge in [-0.05, 0) is 34.6 Å². The number of carboxylic acids is 1. The Morgan fingerprint density at radius 1 is 1.00 bits per heavy atom. The van der Waals surface area contributed by atoms with E-state index in [1.54, 1.807) is 20.8 Å². The summed E-state index contributed by atoms with van der Waals surface area (Å²) in [5, 5.41) is 11.6. The third-order valence-corrected chi connectivity index (χ3v) is 5.44. The van der Waals surface area contributed by atoms with E-state index in [0.29, 0.717) is 0 Å². The summed E-state index contributed by atoms with van der Waals surface area (Å²) in [5.74, 6) is -2.42. The minimum absolute atomic E-state index is 0.0981. The number of rotatable bonds is 8. The van der Waals surface area contributed by atoms with E-state index in [4.69, 9.17) is 14.6 Å². The number of alkyl carbamates (subject to hydrolysis) is 1. The minimum Gasteiger partial charge on any atom is -0.479 e. The molecule has 31 heavy (non-hydrogen) atoms. The van der Waals surface area contributed by atoms with Crippen molar-refractivity contribution in [2.45, 2.75) is 45.3 Å². The molecule has 0 saturated heterocycles. The standard InChI is InChI=1S/C24H27NO6/c1-4-20(22(26)27)31-23(28)21(14(2)3)25-24(29)30-13-19-17-11-7-5-9-15(17)16-10-6-8-12-18(16)19/h5-12,14,19-21H,4,13H2,1-3H3,(H,25,29)(H,26,27)/t20?,21-/m0/s1. The first kappa shape index (κ1) is 22.3. The molecule has 0 saturated carbocycles. The molecule has 7 heteroatoms. The second-order valence-corrected chi connectivity index (χ2v) is 7.86. The van der Waals surface area contributed by atoms with Crippen LogP contribution in [0, 0.1) is 5.92 Å². The van der Waals surface area contributed by atoms with E-state index >= 15 is 0 Å². The molecule has 0 radical (unpaired) electrons. The molecule has 2 aromatic carbocycles. The first-order valence-electron chi connectivity index (χ1n) is 10.4. The summed E-state index contributed by atoms with van der Waals surface area (Å²) < 4.78 is 10.5. The van der Waals surface area contributed by atoms with E-state index in [1.807, 2.05) is 48.5 Å². The number of carboxylic acid groups (broad SMARTS) is 1. The Morgan fingerprint density at radius 2 is 1.55 bits per heavy atom. The van der Waals surface area contributed by atoms with Gasteiger partial charge in [-0.25, -0.2) is 14.4 Å². The molecule has 1 amide bonds. The Kier molecular flexibility index (Phi) is 6.95. The molecule has 0 bridgehead atoms. The van der Waals surface area contributed by atoms with Gasteiger partial charge in [0.1, 0.15) is 12.6 Å². The maximum absolute atomic E-state index is 12.5. The van der Waals surface area contributed by atoms with Crippen molar-refractivity contribution in [3.63, 3.8) is 0 Å². The number of ether oxygens (including phenoxy) is 2. The highest BCUT2D eigenvalue weighted by Gasteiger charge is 2.32. The summed E-state index contributed by atoms with van der Waals surface area (Å²) in [6.07, 6.45) is -1.87. The number of hydrogen-bond acceptors (Lipinski definition) is 5. The molecule has 0 fully saturated rings. The summed E-state index contributed by atoms with van der Waals surface area (Å²) in [4.78, 5) is 36.0. The lowest BCUT2D eigenvalue weighted by molar-refractivity contribution is -0.166. The average Bonchev–Trinajstić information content (AvgIpc) is 3.07. The molecule has 7 nitrogen and oxygen atoms in total. The Hall–Kier alpha value is -3.35. The Bertz CT molecular complexity index is 925. The fourth-order valence-electron chi connectivity index (χ4n) is 3.79. The summed E-state index contributed by atoms with van der Waals surface area (Å²) in [6.45, 7) is 5.19. The van der Waals surface area contributed by atoms with Crippen LogP contribution < -0.4 is 5.32 Å². The quantitative estimate of drug-likeness (QED) is 0.621. The van der Waals surface area contributed by atoms with Gasteiger partial charge in [-0.3, -0.25) is 0 Å². The van der Waals surface area contributed by atoms with E-state index in [1.165, 1.54) is 0 Å². The van der Waals surface area contributed by atoms with Crippen molar-refractivity contribution in [3.8, 4) is 11.1 Å². The molecule has 0 aliphatic heterocycles. The molecular weight excluding hydrogens is 398 g/mol. The number of esters is 1. The lowest BCUT2D eigenvalue weighted by atomic mass is 9.98. The third kappa shape index (κ3) is 4.87. The van der Waals surface area contributed by atoms with Crippen LogP contribution in [-0.2, 0) is 19.1 Å². The van der Waals surface area contributed by atoms with Gasteiger partial charge in [0, 0.05) is 5.92 Å². The number of hydrogen-bond donors (Lipinski definition) is 2. The van der Waals surface area contributed by atoms with Crippen molar-refractivity contribution in [2.24, 2.45) is 5.92 Å². The highest BCUT2D eigenvalue weighted by molar-refractivity contribution is 5.84. The number of benzene rings is 2. The summed E-state index contributed by atoms with van der Waals surface area (Å²) in [6, 6.07) is 15.0. The average molecular weight is 425 g/mol. The molecule has 164 valence electrons. The van der Waals surface area contributed by atoms with Gasteiger partial charge in [-0.1, -0.05) is 69.3 Å². The monoisotopic (exact) mass is 425 g/mol. The molecule has 1 aliphatic carbocycles. The fourth-order valence-corrected chi connectivity index (χ4v) is 3.79. The zero-order chi connectivity index (χ0) is 22.5. The van der Waals surface area contributed by atoms with Crippen LogP contribution in [0.4, 0.5) is 4.79 Å². The first-order valence-corrected chi connectivity index (χ1v) is 10.4. The second-order valence-electron chi connectivity index (χ2n) is 7.86. The smallest absolute Gasteiger partial charge is 0.407 e. The molecule has 0 aromatic heterocycles. The zero-order valence-electron chi connectivity index (χ0n) is 17.8. The van der Waals surface area contributed by atoms with Gasteiger partial charge in [0.25, 0.3) is 0 Å². The Morgan fingerprint density at radius 3 is 2.03 bits per heavy atom. The van der Waals surface area contributed by atoms with Gasteiger partial charge in [-0.2, -0.15) is 0 Å². The number of carbonyl (C=O) groups is 3. The minimum atomic E-state index is -1.25. The van der Waals surface area contributed by atoms with E-state index < -0.39 is 30.2 Å². The van der Waals surface area contributed by atoms with Crippen molar-refractivity contribution in [2.75, 3.05) is 6.61 Å². The van der Waals surface area contributed by atoms with E-state index in [0.717, 1.165) is 22.3 Å². The Balaban J connectivity index is 1.66. The van der Waals surface area contributed by atoms with Crippen LogP contribution in [0.25, 0.3) is 11.1 Å². The van der Waals surface area contributed by atoms with Crippen molar-refractivity contribution in [3.05, 3.63) is 59.7 Å². The SMILES string of the molecule is CCC(OC(=O)[C@@H](NC(=O)OCC1c2ccccc2-c2ccccc21)C(C)C)C(=O)O. The normalized spacial score (nSPS) is 14.3. The van der Waals surface area contributed by atoms with Crippen LogP contribution >= 0.6 is 0 Å². The number of amides is 1. The van der Waals surface area contributed by atoms with Gasteiger partial charge >= 0.3 is 18.0 Å². The molecule has 0 heterocycles. The number of carbonyl (C=O) groups excluding carboxylic acids is 2. The van der Waals surface area contributed by atoms with Gasteiger partial charge in [0.2, 0.25) is 0 Å². The predicted molar refractivity (Wildman–Crippen MR) is 115 cm³/mol. The van der Waals surface area contributed by atoms with Gasteiger partial charge in [0.05, 0.1) is 0 Å². The molecule has 2 N–H and O–H groups in total. The van der Waals surface area contributed by atoms with E-state index in [-0.39, 0.29) is 24.9 Å². The number of fused-ring (bicyclic) bond motifs is 3. The highest BCUT2D eigenvalue weighted by atomic mass is 16.6. The van der Waals surface area contributed by atoms with Gasteiger partial charge in [-0.15, -0.1) is 0 Å². The molecule has 2 atom stereocenters. The molecule has 1 unspecified atom stereocenters. The largest absolute Gasteiger partial charge is 0.479 e. The van der Waals surface area contributed by atoms with Crippen LogP contribution in [0.1, 0.15) is 44.2 Å². The topological polar surface area (TPSA) is 102 Å². The van der Waals surface area contributed by atoms with Gasteiger partial charge < -0.3 is 19.9 Å². The molecular formula is C24H27NO6. The number of nitrogens with one attached hydrogen (secondary N) is 1. The van der Waals surface area contributed by atoms with Crippen LogP contribution in [0.5, 0.6) is 0 Å². The van der Waals surface area contributed by atoms with Crippen LogP contribution in [-0.4, -0.2) is 41.9 Å². The maximum Gasteiger partial charge on any atom is 0.407 e. The molecule has 1 aliphatic rings. The zero-order valence-corrected chi connectivity index (χ0v) is 17.8. The summed E-state index contributed by atoms with van der Waals surface area (Å²) >= 11 is 0. The summed E-state index contributed by atoms with van der Waals surface area (Å²) in [5.41, 5.74) is 4.41. The summed E-state index contributed by atoms with van der Waals surface area (Å²) in [7, 11) is 0. The van der Waals surface area contributed by atoms with Crippen LogP contribution in [0.2, 0.25) is 0 Å². The highest BCUT2D eigenvalue weighted by Crippen LogP contribution is 2.44. The van der Waals surface area contributed by atoms with Crippen LogP contribution in [0.3, 0.4) is 0 Å². The van der Waals surface area contributed by atoms with Crippen LogP contribution in [0.15, 0.2) is 48.5 Å². The Labute approximate surface area is 181 Å². The van der Waals surface area contributed by atoms with Gasteiger partial charge in [0.15, 0.2) is 6.10 Å². The molecule has 2 aromatic rings. The third-order valence-electron chi connectivity index (χ3n) is 5.44. The predicted octanol–water partition coefficient (Wildman–Crippen LogP) is 3.96. The van der Waals surface area contributed by atoms with Crippen molar-refractivity contribution >= 4 is 18.0 Å². The lowest BCUT2D eigenvalue weighted by Gasteiger charge is -2.23. The fraction of sp³-hybridized carbons (Fsp3) is 0.375. The molecule has 0 spiro atoms. The van der Waals surface area contributed by atoms with Crippen molar-refractivity contribution < 1.29 is 29.0 Å². The molecule has 3 rings (SSSR count). The lowest BCUT2D eigenvalue weighted by Crippen LogP contribution is -2.47. The van der Waals surface area contributed by atoms with Crippen molar-refractivity contribution in [1.29, 1.82) is 0 Å².